The number of rotatable bonds is 2. The zero-order valence-electron chi connectivity index (χ0n) is 8.02. The molecule has 0 atom stereocenters. The van der Waals surface area contributed by atoms with Gasteiger partial charge in [0.1, 0.15) is 5.82 Å². The molecule has 1 heterocycles. The molecule has 1 aromatic heterocycles. The molecule has 1 aromatic carbocycles. The highest BCUT2D eigenvalue weighted by atomic mass is 19.1. The third kappa shape index (κ3) is 1.99. The Bertz CT molecular complexity index is 454. The normalized spacial score (nSPS) is 10.3. The topological polar surface area (TPSA) is 51.8 Å². The lowest BCUT2D eigenvalue weighted by molar-refractivity contribution is 0.628. The van der Waals surface area contributed by atoms with Crippen LogP contribution in [-0.2, 0) is 6.54 Å². The Hall–Kier alpha value is -1.81. The molecule has 2 rings (SSSR count). The minimum absolute atomic E-state index is 0.267. The van der Waals surface area contributed by atoms with Crippen LogP contribution in [0.15, 0.2) is 36.7 Å². The van der Waals surface area contributed by atoms with E-state index >= 15 is 0 Å². The molecule has 15 heavy (non-hydrogen) atoms. The minimum atomic E-state index is -0.267. The van der Waals surface area contributed by atoms with E-state index in [0.717, 1.165) is 5.56 Å². The van der Waals surface area contributed by atoms with Gasteiger partial charge in [-0.2, -0.15) is 0 Å². The van der Waals surface area contributed by atoms with Crippen LogP contribution in [0.1, 0.15) is 5.69 Å². The van der Waals surface area contributed by atoms with Gasteiger partial charge in [-0.25, -0.2) is 4.39 Å². The summed E-state index contributed by atoms with van der Waals surface area (Å²) in [5, 5.41) is 0. The monoisotopic (exact) mass is 203 g/mol. The van der Waals surface area contributed by atoms with Gasteiger partial charge in [0.2, 0.25) is 0 Å². The summed E-state index contributed by atoms with van der Waals surface area (Å²) in [6, 6.07) is 6.12. The van der Waals surface area contributed by atoms with Crippen molar-refractivity contribution in [2.24, 2.45) is 5.73 Å². The molecular formula is C11H10FN3. The number of benzene rings is 1. The summed E-state index contributed by atoms with van der Waals surface area (Å²) in [6.45, 7) is 0.320. The van der Waals surface area contributed by atoms with Gasteiger partial charge in [-0.05, 0) is 24.3 Å². The van der Waals surface area contributed by atoms with Crippen molar-refractivity contribution < 1.29 is 4.39 Å². The van der Waals surface area contributed by atoms with E-state index in [1.807, 2.05) is 0 Å². The molecule has 2 N–H and O–H groups in total. The molecular weight excluding hydrogens is 193 g/mol. The van der Waals surface area contributed by atoms with Gasteiger partial charge < -0.3 is 5.73 Å². The van der Waals surface area contributed by atoms with E-state index < -0.39 is 0 Å². The molecule has 0 fully saturated rings. The zero-order valence-corrected chi connectivity index (χ0v) is 8.02. The van der Waals surface area contributed by atoms with Crippen molar-refractivity contribution in [3.05, 3.63) is 48.2 Å². The van der Waals surface area contributed by atoms with E-state index in [2.05, 4.69) is 9.97 Å². The number of aromatic nitrogens is 2. The van der Waals surface area contributed by atoms with Gasteiger partial charge in [0.15, 0.2) is 0 Å². The summed E-state index contributed by atoms with van der Waals surface area (Å²) in [6.07, 6.45) is 3.19. The summed E-state index contributed by atoms with van der Waals surface area (Å²) < 4.78 is 12.7. The van der Waals surface area contributed by atoms with Gasteiger partial charge in [0, 0.05) is 24.5 Å². The van der Waals surface area contributed by atoms with Crippen LogP contribution in [0.5, 0.6) is 0 Å². The van der Waals surface area contributed by atoms with Gasteiger partial charge in [0.25, 0.3) is 0 Å². The molecule has 0 aliphatic carbocycles. The molecule has 0 aliphatic rings. The molecule has 2 aromatic rings. The zero-order chi connectivity index (χ0) is 10.7. The lowest BCUT2D eigenvalue weighted by Crippen LogP contribution is -2.03. The summed E-state index contributed by atoms with van der Waals surface area (Å²) in [7, 11) is 0. The van der Waals surface area contributed by atoms with Crippen molar-refractivity contribution in [3.63, 3.8) is 0 Å². The Balaban J connectivity index is 2.49. The first-order valence-electron chi connectivity index (χ1n) is 4.57. The number of halogens is 1. The standard InChI is InChI=1S/C11H10FN3/c12-9-3-1-8(2-4-9)11-10(7-13)14-5-6-15-11/h1-6H,7,13H2. The Morgan fingerprint density at radius 3 is 2.40 bits per heavy atom. The molecule has 0 aliphatic heterocycles. The lowest BCUT2D eigenvalue weighted by Gasteiger charge is -2.04. The fraction of sp³-hybridized carbons (Fsp3) is 0.0909. The third-order valence-electron chi connectivity index (χ3n) is 2.09. The SMILES string of the molecule is NCc1nccnc1-c1ccc(F)cc1. The molecule has 4 heteroatoms. The van der Waals surface area contributed by atoms with Gasteiger partial charge in [-0.3, -0.25) is 9.97 Å². The minimum Gasteiger partial charge on any atom is -0.325 e. The molecule has 0 saturated heterocycles. The highest BCUT2D eigenvalue weighted by Gasteiger charge is 2.05. The third-order valence-corrected chi connectivity index (χ3v) is 2.09. The van der Waals surface area contributed by atoms with Crippen molar-refractivity contribution >= 4 is 0 Å². The highest BCUT2D eigenvalue weighted by molar-refractivity contribution is 5.61. The van der Waals surface area contributed by atoms with Crippen LogP contribution in [-0.4, -0.2) is 9.97 Å². The first-order chi connectivity index (χ1) is 7.31. The average Bonchev–Trinajstić information content (AvgIpc) is 2.30. The fourth-order valence-corrected chi connectivity index (χ4v) is 1.37. The second-order valence-corrected chi connectivity index (χ2v) is 3.06. The van der Waals surface area contributed by atoms with Crippen LogP contribution >= 0.6 is 0 Å². The Morgan fingerprint density at radius 1 is 1.07 bits per heavy atom. The predicted molar refractivity (Wildman–Crippen MR) is 55.3 cm³/mol. The lowest BCUT2D eigenvalue weighted by atomic mass is 10.1. The van der Waals surface area contributed by atoms with E-state index in [1.165, 1.54) is 12.1 Å². The van der Waals surface area contributed by atoms with E-state index in [9.17, 15) is 4.39 Å². The van der Waals surface area contributed by atoms with Gasteiger partial charge in [-0.1, -0.05) is 0 Å². The molecule has 0 radical (unpaired) electrons. The summed E-state index contributed by atoms with van der Waals surface area (Å²) in [5.74, 6) is -0.267. The van der Waals surface area contributed by atoms with Crippen molar-refractivity contribution in [1.82, 2.24) is 9.97 Å². The average molecular weight is 203 g/mol. The Kier molecular flexibility index (Phi) is 2.69. The summed E-state index contributed by atoms with van der Waals surface area (Å²) >= 11 is 0. The number of nitrogens with zero attached hydrogens (tertiary/aromatic N) is 2. The van der Waals surface area contributed by atoms with Crippen LogP contribution in [0, 0.1) is 5.82 Å². The van der Waals surface area contributed by atoms with Crippen LogP contribution < -0.4 is 5.73 Å². The van der Waals surface area contributed by atoms with Crippen LogP contribution in [0.4, 0.5) is 4.39 Å². The Labute approximate surface area is 86.8 Å². The smallest absolute Gasteiger partial charge is 0.123 e. The first-order valence-corrected chi connectivity index (χ1v) is 4.57. The summed E-state index contributed by atoms with van der Waals surface area (Å²) in [5.41, 5.74) is 7.79. The van der Waals surface area contributed by atoms with Crippen LogP contribution in [0.2, 0.25) is 0 Å². The maximum atomic E-state index is 12.7. The molecule has 0 amide bonds. The maximum Gasteiger partial charge on any atom is 0.123 e. The van der Waals surface area contributed by atoms with Crippen molar-refractivity contribution in [2.75, 3.05) is 0 Å². The van der Waals surface area contributed by atoms with Crippen molar-refractivity contribution in [1.29, 1.82) is 0 Å². The predicted octanol–water partition coefficient (Wildman–Crippen LogP) is 1.74. The molecule has 76 valence electrons. The molecule has 0 saturated carbocycles. The largest absolute Gasteiger partial charge is 0.325 e. The van der Waals surface area contributed by atoms with Gasteiger partial charge in [-0.15, -0.1) is 0 Å². The highest BCUT2D eigenvalue weighted by Crippen LogP contribution is 2.19. The number of hydrogen-bond donors (Lipinski definition) is 1. The Morgan fingerprint density at radius 2 is 1.73 bits per heavy atom. The second-order valence-electron chi connectivity index (χ2n) is 3.06. The van der Waals surface area contributed by atoms with E-state index in [-0.39, 0.29) is 5.82 Å². The number of hydrogen-bond acceptors (Lipinski definition) is 3. The van der Waals surface area contributed by atoms with Crippen LogP contribution in [0.3, 0.4) is 0 Å². The second kappa shape index (κ2) is 4.14. The van der Waals surface area contributed by atoms with E-state index in [1.54, 1.807) is 24.5 Å². The van der Waals surface area contributed by atoms with Gasteiger partial charge in [0.05, 0.1) is 11.4 Å². The van der Waals surface area contributed by atoms with Crippen molar-refractivity contribution in [3.8, 4) is 11.3 Å². The van der Waals surface area contributed by atoms with Crippen molar-refractivity contribution in [2.45, 2.75) is 6.54 Å². The van der Waals surface area contributed by atoms with Crippen LogP contribution in [0.25, 0.3) is 11.3 Å². The van der Waals surface area contributed by atoms with E-state index in [0.29, 0.717) is 17.9 Å². The fourth-order valence-electron chi connectivity index (χ4n) is 1.37. The molecule has 0 unspecified atom stereocenters. The van der Waals surface area contributed by atoms with E-state index in [4.69, 9.17) is 5.73 Å². The van der Waals surface area contributed by atoms with Gasteiger partial charge >= 0.3 is 0 Å². The molecule has 0 bridgehead atoms. The molecule has 3 nitrogen and oxygen atoms in total. The summed E-state index contributed by atoms with van der Waals surface area (Å²) in [4.78, 5) is 8.30. The number of nitrogens with two attached hydrogens (primary N) is 1. The first kappa shape index (κ1) is 9.73. The maximum absolute atomic E-state index is 12.7. The molecule has 0 spiro atoms. The quantitative estimate of drug-likeness (QED) is 0.808.